The van der Waals surface area contributed by atoms with Gasteiger partial charge in [-0.3, -0.25) is 0 Å². The first-order valence-electron chi connectivity index (χ1n) is 27.1. The molecule has 8 rings (SSSR count). The number of benzene rings is 1. The van der Waals surface area contributed by atoms with E-state index in [0.717, 1.165) is 5.56 Å². The second kappa shape index (κ2) is 28.2. The van der Waals surface area contributed by atoms with E-state index in [1.54, 1.807) is 26.0 Å². The lowest BCUT2D eigenvalue weighted by Crippen LogP contribution is -2.68. The second-order valence-corrected chi connectivity index (χ2v) is 22.0. The van der Waals surface area contributed by atoms with E-state index in [9.17, 15) is 102 Å². The molecule has 6 saturated heterocycles. The number of aliphatic hydroxyl groups excluding tert-OH is 20. The van der Waals surface area contributed by atoms with Crippen molar-refractivity contribution in [1.82, 2.24) is 5.32 Å². The predicted octanol–water partition coefficient (Wildman–Crippen LogP) is -10.5. The minimum absolute atomic E-state index is 0.168. The molecule has 84 heavy (non-hydrogen) atoms. The van der Waals surface area contributed by atoms with Gasteiger partial charge in [0.15, 0.2) is 37.2 Å². The summed E-state index contributed by atoms with van der Waals surface area (Å²) in [4.78, 5) is 0. The summed E-state index contributed by atoms with van der Waals surface area (Å²) < 4.78 is 73.4. The Hall–Kier alpha value is -3.04. The molecule has 0 spiro atoms. The SMILES string of the molecule is COC1C(CO)OC(OC2C(CO)OC(OC3C(CO)OC(OC4C(CO)OC(OC5C(CO)OC(OC6C(CO)OC(Oc7ccc(CC8NC(O)=C(O)C8(C)C)cc7)C(O)C6O)C(O)C5O)C(O)C4O)C(O)C3O)C(O)C2O)C(O)C1O. The van der Waals surface area contributed by atoms with Crippen molar-refractivity contribution >= 4 is 0 Å². The van der Waals surface area contributed by atoms with E-state index in [0.29, 0.717) is 6.42 Å². The summed E-state index contributed by atoms with van der Waals surface area (Å²) in [7, 11) is 1.19. The van der Waals surface area contributed by atoms with E-state index in [4.69, 9.17) is 61.6 Å². The van der Waals surface area contributed by atoms with E-state index < -0.39 is 229 Å². The van der Waals surface area contributed by atoms with Crippen LogP contribution < -0.4 is 10.1 Å². The minimum Gasteiger partial charge on any atom is -0.506 e. The van der Waals surface area contributed by atoms with E-state index in [2.05, 4.69) is 5.32 Å². The third kappa shape index (κ3) is 13.4. The number of rotatable bonds is 21. The van der Waals surface area contributed by atoms with Crippen LogP contribution in [0, 0.1) is 5.41 Å². The zero-order chi connectivity index (χ0) is 61.4. The van der Waals surface area contributed by atoms with Gasteiger partial charge in [-0.2, -0.15) is 0 Å². The molecule has 0 radical (unpaired) electrons. The van der Waals surface area contributed by atoms with Crippen LogP contribution in [0.2, 0.25) is 0 Å². The fourth-order valence-corrected chi connectivity index (χ4v) is 11.1. The smallest absolute Gasteiger partial charge is 0.229 e. The number of nitrogens with one attached hydrogen (secondary N) is 1. The van der Waals surface area contributed by atoms with Crippen LogP contribution in [0.4, 0.5) is 0 Å². The maximum absolute atomic E-state index is 11.4. The summed E-state index contributed by atoms with van der Waals surface area (Å²) in [6, 6.07) is 6.09. The topological polar surface area (TPSA) is 537 Å². The van der Waals surface area contributed by atoms with Crippen LogP contribution in [0.25, 0.3) is 0 Å². The molecule has 482 valence electrons. The largest absolute Gasteiger partial charge is 0.506 e. The number of ether oxygens (including phenoxy) is 13. The van der Waals surface area contributed by atoms with Crippen molar-refractivity contribution in [3.63, 3.8) is 0 Å². The number of hydrogen-bond acceptors (Lipinski definition) is 34. The third-order valence-electron chi connectivity index (χ3n) is 16.3. The molecule has 6 fully saturated rings. The van der Waals surface area contributed by atoms with Crippen molar-refractivity contribution in [2.75, 3.05) is 46.8 Å². The van der Waals surface area contributed by atoms with Gasteiger partial charge in [0.2, 0.25) is 12.2 Å². The Bertz CT molecular complexity index is 2250. The minimum atomic E-state index is -2.19. The van der Waals surface area contributed by atoms with Gasteiger partial charge in [0.05, 0.1) is 39.6 Å². The van der Waals surface area contributed by atoms with Crippen molar-refractivity contribution in [3.05, 3.63) is 41.5 Å². The third-order valence-corrected chi connectivity index (χ3v) is 16.3. The van der Waals surface area contributed by atoms with Gasteiger partial charge in [0.25, 0.3) is 0 Å². The molecule has 0 amide bonds. The Labute approximate surface area is 478 Å². The molecule has 0 aromatic heterocycles. The fourth-order valence-electron chi connectivity index (χ4n) is 11.1. The summed E-state index contributed by atoms with van der Waals surface area (Å²) in [5.41, 5.74) is 0.00419. The van der Waals surface area contributed by atoms with E-state index in [-0.39, 0.29) is 23.4 Å². The van der Waals surface area contributed by atoms with Crippen LogP contribution in [0.15, 0.2) is 35.9 Å². The van der Waals surface area contributed by atoms with Crippen LogP contribution in [-0.2, 0) is 63.3 Å². The molecular formula is C50H79NO33. The molecule has 7 aliphatic rings. The molecule has 34 heteroatoms. The quantitative estimate of drug-likeness (QED) is 0.0543. The highest BCUT2D eigenvalue weighted by atomic mass is 16.8. The zero-order valence-corrected chi connectivity index (χ0v) is 45.4. The Morgan fingerprint density at radius 2 is 0.655 bits per heavy atom. The molecule has 21 N–H and O–H groups in total. The van der Waals surface area contributed by atoms with Crippen molar-refractivity contribution in [2.45, 2.75) is 211 Å². The fraction of sp³-hybridized carbons (Fsp3) is 0.840. The van der Waals surface area contributed by atoms with Gasteiger partial charge in [0, 0.05) is 18.6 Å². The van der Waals surface area contributed by atoms with Gasteiger partial charge < -0.3 is 169 Å². The molecular weight excluding hydrogens is 1140 g/mol. The van der Waals surface area contributed by atoms with E-state index in [1.807, 2.05) is 0 Å². The van der Waals surface area contributed by atoms with Crippen LogP contribution in [0.1, 0.15) is 19.4 Å². The normalized spacial score (nSPS) is 47.3. The Morgan fingerprint density at radius 1 is 0.393 bits per heavy atom. The summed E-state index contributed by atoms with van der Waals surface area (Å²) in [5.74, 6) is -0.321. The Morgan fingerprint density at radius 3 is 0.917 bits per heavy atom. The van der Waals surface area contributed by atoms with Crippen molar-refractivity contribution < 1.29 is 164 Å². The molecule has 31 atom stereocenters. The zero-order valence-electron chi connectivity index (χ0n) is 45.4. The standard InChI is InChI=1S/C50H79NO33/c1-50(2)23(51-43(71)42(50)70)8-15-4-6-16(7-5-15)73-44-31(65)25(59)37(18(10-53)75-44)81-46-33(67)27(61)39(20(12-55)77-46)83-48-35(69)29(63)41(22(14-57)79-48)84-49-34(68)28(62)40(21(13-56)78-49)82-47-32(66)26(60)38(19(11-54)76-47)80-45-30(64)24(58)36(72-3)17(9-52)74-45/h4-7,17-41,44-49,51-71H,8-14H2,1-3H3. The highest BCUT2D eigenvalue weighted by Crippen LogP contribution is 2.39. The maximum atomic E-state index is 11.4. The average Bonchev–Trinajstić information content (AvgIpc) is 3.43. The lowest BCUT2D eigenvalue weighted by Gasteiger charge is -2.50. The van der Waals surface area contributed by atoms with Crippen LogP contribution >= 0.6 is 0 Å². The van der Waals surface area contributed by atoms with Gasteiger partial charge in [-0.1, -0.05) is 26.0 Å². The van der Waals surface area contributed by atoms with Crippen molar-refractivity contribution in [1.29, 1.82) is 0 Å². The molecule has 7 heterocycles. The molecule has 7 aliphatic heterocycles. The van der Waals surface area contributed by atoms with Gasteiger partial charge in [-0.25, -0.2) is 0 Å². The Balaban J connectivity index is 0.844. The monoisotopic (exact) mass is 1220 g/mol. The maximum Gasteiger partial charge on any atom is 0.229 e. The molecule has 34 nitrogen and oxygen atoms in total. The van der Waals surface area contributed by atoms with Gasteiger partial charge in [0.1, 0.15) is 152 Å². The summed E-state index contributed by atoms with van der Waals surface area (Å²) >= 11 is 0. The lowest BCUT2D eigenvalue weighted by atomic mass is 9.82. The molecule has 1 aromatic carbocycles. The number of aliphatic hydroxyl groups is 20. The molecule has 0 saturated carbocycles. The van der Waals surface area contributed by atoms with E-state index >= 15 is 0 Å². The molecule has 0 bridgehead atoms. The summed E-state index contributed by atoms with van der Waals surface area (Å²) in [6.07, 6.45) is -54.8. The summed E-state index contributed by atoms with van der Waals surface area (Å²) in [6.45, 7) is -2.03. The molecule has 0 aliphatic carbocycles. The lowest BCUT2D eigenvalue weighted by molar-refractivity contribution is -0.395. The van der Waals surface area contributed by atoms with Gasteiger partial charge >= 0.3 is 0 Å². The van der Waals surface area contributed by atoms with Gasteiger partial charge in [-0.15, -0.1) is 0 Å². The Kier molecular flexibility index (Phi) is 22.5. The van der Waals surface area contributed by atoms with Crippen LogP contribution in [-0.4, -0.2) is 339 Å². The summed E-state index contributed by atoms with van der Waals surface area (Å²) in [5, 5.41) is 218. The number of hydrogen-bond donors (Lipinski definition) is 21. The first-order chi connectivity index (χ1) is 39.9. The first kappa shape index (κ1) is 66.9. The van der Waals surface area contributed by atoms with E-state index in [1.165, 1.54) is 19.2 Å². The predicted molar refractivity (Wildman–Crippen MR) is 265 cm³/mol. The highest BCUT2D eigenvalue weighted by Gasteiger charge is 2.58. The van der Waals surface area contributed by atoms with Crippen LogP contribution in [0.5, 0.6) is 5.75 Å². The molecule has 1 aromatic rings. The highest BCUT2D eigenvalue weighted by molar-refractivity contribution is 5.30. The average molecular weight is 1220 g/mol. The van der Waals surface area contributed by atoms with Crippen LogP contribution in [0.3, 0.4) is 0 Å². The number of methoxy groups -OCH3 is 1. The van der Waals surface area contributed by atoms with Crippen molar-refractivity contribution in [2.24, 2.45) is 5.41 Å². The van der Waals surface area contributed by atoms with Crippen molar-refractivity contribution in [3.8, 4) is 5.75 Å². The second-order valence-electron chi connectivity index (χ2n) is 22.0. The molecule has 31 unspecified atom stereocenters. The van der Waals surface area contributed by atoms with Gasteiger partial charge in [-0.05, 0) is 24.1 Å². The first-order valence-corrected chi connectivity index (χ1v) is 27.1.